The molecule has 176 valence electrons. The number of aliphatic hydroxyl groups excluding tert-OH is 1. The number of nitrogens with zero attached hydrogens (tertiary/aromatic N) is 3. The number of hydrogen-bond donors (Lipinski definition) is 2. The predicted octanol–water partition coefficient (Wildman–Crippen LogP) is 4.02. The van der Waals surface area contributed by atoms with E-state index in [4.69, 9.17) is 5.26 Å². The SMILES string of the molecule is N#Cc1ccc(N2CCC3(CO)CN(C(=O)c4cccc5[nH]ccc45)CC3C2)cc1C(F)(F)F. The molecule has 9 heteroatoms. The summed E-state index contributed by atoms with van der Waals surface area (Å²) in [6.07, 6.45) is -2.29. The summed E-state index contributed by atoms with van der Waals surface area (Å²) in [5.41, 5.74) is -0.00267. The Labute approximate surface area is 194 Å². The molecular weight excluding hydrogens is 445 g/mol. The highest BCUT2D eigenvalue weighted by molar-refractivity contribution is 6.06. The third kappa shape index (κ3) is 3.59. The van der Waals surface area contributed by atoms with Gasteiger partial charge in [-0.3, -0.25) is 4.79 Å². The standard InChI is InChI=1S/C25H23F3N4O2/c26-25(27,28)21-10-18(5-4-16(21)11-29)31-9-7-24(15-33)14-32(13-17(24)12-31)23(34)20-2-1-3-22-19(20)6-8-30-22/h1-6,8,10,17,30,33H,7,9,12-15H2. The summed E-state index contributed by atoms with van der Waals surface area (Å²) < 4.78 is 40.4. The molecule has 0 bridgehead atoms. The number of nitriles is 1. The van der Waals surface area contributed by atoms with Crippen molar-refractivity contribution in [3.63, 3.8) is 0 Å². The number of anilines is 1. The maximum absolute atomic E-state index is 13.5. The fraction of sp³-hybridized carbons (Fsp3) is 0.360. The van der Waals surface area contributed by atoms with E-state index in [1.807, 2.05) is 23.1 Å². The Morgan fingerprint density at radius 2 is 2.06 bits per heavy atom. The lowest BCUT2D eigenvalue weighted by atomic mass is 9.73. The minimum absolute atomic E-state index is 0.0920. The second-order valence-electron chi connectivity index (χ2n) is 9.18. The Balaban J connectivity index is 1.40. The van der Waals surface area contributed by atoms with Crippen LogP contribution in [0, 0.1) is 22.7 Å². The highest BCUT2D eigenvalue weighted by Crippen LogP contribution is 2.45. The fourth-order valence-electron chi connectivity index (χ4n) is 5.43. The van der Waals surface area contributed by atoms with Crippen LogP contribution < -0.4 is 4.90 Å². The fourth-order valence-corrected chi connectivity index (χ4v) is 5.43. The number of piperidine rings is 1. The van der Waals surface area contributed by atoms with Crippen LogP contribution in [0.2, 0.25) is 0 Å². The molecule has 2 atom stereocenters. The molecule has 2 unspecified atom stereocenters. The second kappa shape index (κ2) is 8.06. The van der Waals surface area contributed by atoms with Gasteiger partial charge < -0.3 is 19.9 Å². The summed E-state index contributed by atoms with van der Waals surface area (Å²) in [6.45, 7) is 1.60. The van der Waals surface area contributed by atoms with Gasteiger partial charge in [0.15, 0.2) is 0 Å². The van der Waals surface area contributed by atoms with Crippen molar-refractivity contribution in [3.05, 3.63) is 65.4 Å². The zero-order chi connectivity index (χ0) is 24.1. The molecule has 2 aromatic carbocycles. The number of carbonyl (C=O) groups excluding carboxylic acids is 1. The summed E-state index contributed by atoms with van der Waals surface area (Å²) >= 11 is 0. The molecule has 2 aliphatic rings. The Hall–Kier alpha value is -3.51. The predicted molar refractivity (Wildman–Crippen MR) is 120 cm³/mol. The molecule has 5 rings (SSSR count). The van der Waals surface area contributed by atoms with Crippen LogP contribution >= 0.6 is 0 Å². The molecule has 1 amide bonds. The van der Waals surface area contributed by atoms with Gasteiger partial charge in [0.25, 0.3) is 5.91 Å². The van der Waals surface area contributed by atoms with E-state index in [2.05, 4.69) is 4.98 Å². The highest BCUT2D eigenvalue weighted by atomic mass is 19.4. The highest BCUT2D eigenvalue weighted by Gasteiger charge is 2.50. The summed E-state index contributed by atoms with van der Waals surface area (Å²) in [4.78, 5) is 20.1. The van der Waals surface area contributed by atoms with E-state index in [1.165, 1.54) is 12.1 Å². The first-order chi connectivity index (χ1) is 16.3. The van der Waals surface area contributed by atoms with E-state index >= 15 is 0 Å². The van der Waals surface area contributed by atoms with Crippen LogP contribution in [-0.4, -0.2) is 53.7 Å². The summed E-state index contributed by atoms with van der Waals surface area (Å²) in [7, 11) is 0. The Bertz CT molecular complexity index is 1300. The minimum atomic E-state index is -4.62. The van der Waals surface area contributed by atoms with Gasteiger partial charge in [-0.25, -0.2) is 0 Å². The number of amides is 1. The van der Waals surface area contributed by atoms with Crippen LogP contribution in [-0.2, 0) is 6.18 Å². The quantitative estimate of drug-likeness (QED) is 0.608. The Morgan fingerprint density at radius 1 is 1.24 bits per heavy atom. The lowest BCUT2D eigenvalue weighted by Crippen LogP contribution is -2.49. The van der Waals surface area contributed by atoms with Crippen molar-refractivity contribution >= 4 is 22.5 Å². The summed E-state index contributed by atoms with van der Waals surface area (Å²) in [6, 6.07) is 12.7. The largest absolute Gasteiger partial charge is 0.417 e. The van der Waals surface area contributed by atoms with Crippen LogP contribution in [0.15, 0.2) is 48.7 Å². The van der Waals surface area contributed by atoms with E-state index in [0.717, 1.165) is 17.0 Å². The van der Waals surface area contributed by atoms with Crippen LogP contribution in [0.4, 0.5) is 18.9 Å². The summed E-state index contributed by atoms with van der Waals surface area (Å²) in [5.74, 6) is -0.206. The number of H-pyrrole nitrogens is 1. The average molecular weight is 468 g/mol. The number of benzene rings is 2. The molecular formula is C25H23F3N4O2. The van der Waals surface area contributed by atoms with Gasteiger partial charge in [-0.15, -0.1) is 0 Å². The van der Waals surface area contributed by atoms with E-state index < -0.39 is 22.7 Å². The number of carbonyl (C=O) groups is 1. The first-order valence-electron chi connectivity index (χ1n) is 11.1. The zero-order valence-electron chi connectivity index (χ0n) is 18.3. The topological polar surface area (TPSA) is 83.4 Å². The van der Waals surface area contributed by atoms with Gasteiger partial charge in [0.2, 0.25) is 0 Å². The smallest absolute Gasteiger partial charge is 0.396 e. The first-order valence-corrected chi connectivity index (χ1v) is 11.1. The Morgan fingerprint density at radius 3 is 2.79 bits per heavy atom. The van der Waals surface area contributed by atoms with Crippen molar-refractivity contribution < 1.29 is 23.1 Å². The number of aromatic amines is 1. The molecule has 2 fully saturated rings. The molecule has 1 aromatic heterocycles. The molecule has 3 heterocycles. The van der Waals surface area contributed by atoms with E-state index in [9.17, 15) is 23.1 Å². The number of rotatable bonds is 3. The normalized spacial score (nSPS) is 22.6. The number of aliphatic hydroxyl groups is 1. The van der Waals surface area contributed by atoms with Gasteiger partial charge in [0.05, 0.1) is 23.8 Å². The van der Waals surface area contributed by atoms with Crippen LogP contribution in [0.25, 0.3) is 10.9 Å². The third-order valence-corrected chi connectivity index (χ3v) is 7.35. The van der Waals surface area contributed by atoms with Gasteiger partial charge in [-0.1, -0.05) is 6.07 Å². The van der Waals surface area contributed by atoms with E-state index in [-0.39, 0.29) is 18.4 Å². The molecule has 0 aliphatic carbocycles. The van der Waals surface area contributed by atoms with Crippen LogP contribution in [0.5, 0.6) is 0 Å². The monoisotopic (exact) mass is 468 g/mol. The minimum Gasteiger partial charge on any atom is -0.396 e. The maximum Gasteiger partial charge on any atom is 0.417 e. The number of likely N-dealkylation sites (tertiary alicyclic amines) is 1. The molecule has 6 nitrogen and oxygen atoms in total. The number of hydrogen-bond acceptors (Lipinski definition) is 4. The Kier molecular flexibility index (Phi) is 5.29. The molecule has 2 saturated heterocycles. The maximum atomic E-state index is 13.5. The zero-order valence-corrected chi connectivity index (χ0v) is 18.3. The molecule has 0 saturated carbocycles. The van der Waals surface area contributed by atoms with Crippen molar-refractivity contribution in [1.29, 1.82) is 5.26 Å². The van der Waals surface area contributed by atoms with Gasteiger partial charge >= 0.3 is 6.18 Å². The number of halogens is 3. The third-order valence-electron chi connectivity index (χ3n) is 7.35. The molecule has 3 aromatic rings. The van der Waals surface area contributed by atoms with Crippen molar-refractivity contribution in [1.82, 2.24) is 9.88 Å². The van der Waals surface area contributed by atoms with Crippen molar-refractivity contribution in [2.24, 2.45) is 11.3 Å². The van der Waals surface area contributed by atoms with Crippen molar-refractivity contribution in [2.45, 2.75) is 12.6 Å². The lowest BCUT2D eigenvalue weighted by molar-refractivity contribution is -0.137. The average Bonchev–Trinajstić information content (AvgIpc) is 3.47. The second-order valence-corrected chi connectivity index (χ2v) is 9.18. The first kappa shape index (κ1) is 22.3. The van der Waals surface area contributed by atoms with Crippen LogP contribution in [0.3, 0.4) is 0 Å². The number of nitrogens with one attached hydrogen (secondary N) is 1. The number of fused-ring (bicyclic) bond motifs is 2. The number of alkyl halides is 3. The molecule has 2 N–H and O–H groups in total. The molecule has 0 radical (unpaired) electrons. The van der Waals surface area contributed by atoms with Gasteiger partial charge in [-0.2, -0.15) is 18.4 Å². The number of aromatic nitrogens is 1. The van der Waals surface area contributed by atoms with E-state index in [0.29, 0.717) is 43.9 Å². The van der Waals surface area contributed by atoms with Crippen molar-refractivity contribution in [3.8, 4) is 6.07 Å². The van der Waals surface area contributed by atoms with Gasteiger partial charge in [0, 0.05) is 65.9 Å². The molecule has 34 heavy (non-hydrogen) atoms. The summed E-state index contributed by atoms with van der Waals surface area (Å²) in [5, 5.41) is 20.2. The lowest BCUT2D eigenvalue weighted by Gasteiger charge is -2.43. The van der Waals surface area contributed by atoms with Gasteiger partial charge in [0.1, 0.15) is 0 Å². The molecule has 2 aliphatic heterocycles. The van der Waals surface area contributed by atoms with Crippen LogP contribution in [0.1, 0.15) is 27.9 Å². The molecule has 0 spiro atoms. The van der Waals surface area contributed by atoms with E-state index in [1.54, 1.807) is 23.2 Å². The van der Waals surface area contributed by atoms with Crippen molar-refractivity contribution in [2.75, 3.05) is 37.7 Å². The van der Waals surface area contributed by atoms with Gasteiger partial charge in [-0.05, 0) is 42.8 Å².